The molecule has 0 aliphatic carbocycles. The minimum Gasteiger partial charge on any atom is -0.486 e. The van der Waals surface area contributed by atoms with Crippen LogP contribution in [0.3, 0.4) is 0 Å². The first-order valence-corrected chi connectivity index (χ1v) is 10.5. The van der Waals surface area contributed by atoms with E-state index < -0.39 is 0 Å². The summed E-state index contributed by atoms with van der Waals surface area (Å²) in [6, 6.07) is 14.1. The number of benzene rings is 2. The van der Waals surface area contributed by atoms with Gasteiger partial charge in [0.1, 0.15) is 23.2 Å². The normalized spacial score (nSPS) is 15.0. The van der Waals surface area contributed by atoms with E-state index in [0.717, 1.165) is 48.4 Å². The zero-order valence-corrected chi connectivity index (χ0v) is 16.9. The molecule has 7 heteroatoms. The van der Waals surface area contributed by atoms with Gasteiger partial charge in [0.05, 0.1) is 5.69 Å². The number of nitrogens with zero attached hydrogens (tertiary/aromatic N) is 3. The van der Waals surface area contributed by atoms with Gasteiger partial charge in [0, 0.05) is 48.8 Å². The Morgan fingerprint density at radius 1 is 1.07 bits per heavy atom. The second-order valence-corrected chi connectivity index (χ2v) is 8.10. The zero-order valence-electron chi connectivity index (χ0n) is 15.4. The SMILES string of the molecule is Fc1ccc(OCc2nc(CN3CCN(c4cccc(Cl)c4)CC3)cs2)cc1. The maximum absolute atomic E-state index is 12.9. The number of aromatic nitrogens is 1. The van der Waals surface area contributed by atoms with Gasteiger partial charge in [-0.1, -0.05) is 17.7 Å². The van der Waals surface area contributed by atoms with Gasteiger partial charge in [-0.05, 0) is 42.5 Å². The minimum atomic E-state index is -0.264. The molecule has 0 saturated carbocycles. The molecule has 0 bridgehead atoms. The molecular weight excluding hydrogens is 397 g/mol. The Hall–Kier alpha value is -2.15. The van der Waals surface area contributed by atoms with Gasteiger partial charge in [0.2, 0.25) is 0 Å². The molecule has 4 rings (SSSR count). The van der Waals surface area contributed by atoms with Crippen LogP contribution in [0.1, 0.15) is 10.7 Å². The average molecular weight is 418 g/mol. The Labute approximate surface area is 173 Å². The monoisotopic (exact) mass is 417 g/mol. The van der Waals surface area contributed by atoms with Crippen LogP contribution >= 0.6 is 22.9 Å². The van der Waals surface area contributed by atoms with Crippen molar-refractivity contribution in [2.45, 2.75) is 13.2 Å². The van der Waals surface area contributed by atoms with Crippen LogP contribution in [0.4, 0.5) is 10.1 Å². The smallest absolute Gasteiger partial charge is 0.140 e. The molecule has 1 aliphatic rings. The number of halogens is 2. The van der Waals surface area contributed by atoms with Gasteiger partial charge in [0.25, 0.3) is 0 Å². The lowest BCUT2D eigenvalue weighted by atomic mass is 10.2. The lowest BCUT2D eigenvalue weighted by Gasteiger charge is -2.35. The summed E-state index contributed by atoms with van der Waals surface area (Å²) in [4.78, 5) is 9.46. The van der Waals surface area contributed by atoms with Crippen LogP contribution < -0.4 is 9.64 Å². The third-order valence-corrected chi connectivity index (χ3v) is 5.81. The molecule has 1 aliphatic heterocycles. The highest BCUT2D eigenvalue weighted by Crippen LogP contribution is 2.22. The van der Waals surface area contributed by atoms with E-state index in [1.807, 2.05) is 18.2 Å². The summed E-state index contributed by atoms with van der Waals surface area (Å²) in [5, 5.41) is 3.79. The number of hydrogen-bond donors (Lipinski definition) is 0. The number of ether oxygens (including phenoxy) is 1. The number of rotatable bonds is 6. The Balaban J connectivity index is 1.26. The number of piperazine rings is 1. The molecule has 28 heavy (non-hydrogen) atoms. The van der Waals surface area contributed by atoms with Gasteiger partial charge in [-0.2, -0.15) is 0 Å². The third-order valence-electron chi connectivity index (χ3n) is 4.71. The highest BCUT2D eigenvalue weighted by atomic mass is 35.5. The van der Waals surface area contributed by atoms with Crippen LogP contribution in [0.25, 0.3) is 0 Å². The summed E-state index contributed by atoms with van der Waals surface area (Å²) in [5.41, 5.74) is 2.25. The lowest BCUT2D eigenvalue weighted by Crippen LogP contribution is -2.46. The molecule has 0 N–H and O–H groups in total. The van der Waals surface area contributed by atoms with Gasteiger partial charge in [0.15, 0.2) is 0 Å². The Kier molecular flexibility index (Phi) is 6.10. The first-order chi connectivity index (χ1) is 13.7. The Morgan fingerprint density at radius 3 is 2.61 bits per heavy atom. The molecule has 4 nitrogen and oxygen atoms in total. The summed E-state index contributed by atoms with van der Waals surface area (Å²) in [6.07, 6.45) is 0. The second-order valence-electron chi connectivity index (χ2n) is 6.72. The maximum Gasteiger partial charge on any atom is 0.140 e. The van der Waals surface area contributed by atoms with Gasteiger partial charge >= 0.3 is 0 Å². The molecule has 0 unspecified atom stereocenters. The molecule has 2 aromatic carbocycles. The summed E-state index contributed by atoms with van der Waals surface area (Å²) in [7, 11) is 0. The van der Waals surface area contributed by atoms with E-state index in [1.165, 1.54) is 17.8 Å². The highest BCUT2D eigenvalue weighted by Gasteiger charge is 2.18. The quantitative estimate of drug-likeness (QED) is 0.574. The fourth-order valence-corrected chi connectivity index (χ4v) is 4.11. The fraction of sp³-hybridized carbons (Fsp3) is 0.286. The van der Waals surface area contributed by atoms with Gasteiger partial charge < -0.3 is 9.64 Å². The van der Waals surface area contributed by atoms with Crippen LogP contribution in [-0.2, 0) is 13.2 Å². The maximum atomic E-state index is 12.9. The molecule has 0 amide bonds. The molecule has 1 saturated heterocycles. The predicted octanol–water partition coefficient (Wildman–Crippen LogP) is 4.84. The molecule has 1 aromatic heterocycles. The molecule has 3 aromatic rings. The van der Waals surface area contributed by atoms with Crippen LogP contribution in [0.2, 0.25) is 5.02 Å². The molecule has 0 radical (unpaired) electrons. The number of anilines is 1. The van der Waals surface area contributed by atoms with E-state index in [2.05, 4.69) is 26.2 Å². The van der Waals surface area contributed by atoms with Crippen LogP contribution in [0.5, 0.6) is 5.75 Å². The van der Waals surface area contributed by atoms with Crippen molar-refractivity contribution >= 4 is 28.6 Å². The standard InChI is InChI=1S/C21H21ClFN3OS/c22-16-2-1-3-19(12-16)26-10-8-25(9-11-26)13-18-15-28-21(24-18)14-27-20-6-4-17(23)5-7-20/h1-7,12,15H,8-11,13-14H2. The third kappa shape index (κ3) is 5.01. The Morgan fingerprint density at radius 2 is 1.86 bits per heavy atom. The molecule has 0 atom stereocenters. The van der Waals surface area contributed by atoms with E-state index in [1.54, 1.807) is 23.5 Å². The van der Waals surface area contributed by atoms with Gasteiger partial charge in [-0.15, -0.1) is 11.3 Å². The van der Waals surface area contributed by atoms with Crippen molar-refractivity contribution in [2.24, 2.45) is 0 Å². The van der Waals surface area contributed by atoms with Crippen LogP contribution in [0.15, 0.2) is 53.9 Å². The van der Waals surface area contributed by atoms with Gasteiger partial charge in [-0.3, -0.25) is 4.90 Å². The van der Waals surface area contributed by atoms with Crippen molar-refractivity contribution < 1.29 is 9.13 Å². The molecule has 1 fully saturated rings. The minimum absolute atomic E-state index is 0.264. The van der Waals surface area contributed by atoms with Crippen molar-refractivity contribution in [1.29, 1.82) is 0 Å². The average Bonchev–Trinajstić information content (AvgIpc) is 3.15. The summed E-state index contributed by atoms with van der Waals surface area (Å²) >= 11 is 7.70. The van der Waals surface area contributed by atoms with E-state index >= 15 is 0 Å². The van der Waals surface area contributed by atoms with Gasteiger partial charge in [-0.25, -0.2) is 9.37 Å². The zero-order chi connectivity index (χ0) is 19.3. The first-order valence-electron chi connectivity index (χ1n) is 9.20. The van der Waals surface area contributed by atoms with E-state index in [4.69, 9.17) is 16.3 Å². The molecule has 146 valence electrons. The van der Waals surface area contributed by atoms with Crippen molar-refractivity contribution in [3.8, 4) is 5.75 Å². The van der Waals surface area contributed by atoms with E-state index in [9.17, 15) is 4.39 Å². The first kappa shape index (κ1) is 19.2. The summed E-state index contributed by atoms with van der Waals surface area (Å²) in [6.45, 7) is 5.18. The van der Waals surface area contributed by atoms with Crippen molar-refractivity contribution in [3.05, 3.63) is 75.5 Å². The summed E-state index contributed by atoms with van der Waals surface area (Å²) < 4.78 is 18.6. The van der Waals surface area contributed by atoms with Crippen molar-refractivity contribution in [3.63, 3.8) is 0 Å². The fourth-order valence-electron chi connectivity index (χ4n) is 3.23. The summed E-state index contributed by atoms with van der Waals surface area (Å²) in [5.74, 6) is 0.384. The second kappa shape index (κ2) is 8.90. The molecule has 0 spiro atoms. The van der Waals surface area contributed by atoms with E-state index in [0.29, 0.717) is 12.4 Å². The van der Waals surface area contributed by atoms with Crippen molar-refractivity contribution in [1.82, 2.24) is 9.88 Å². The Bertz CT molecular complexity index is 910. The highest BCUT2D eigenvalue weighted by molar-refractivity contribution is 7.09. The van der Waals surface area contributed by atoms with Crippen LogP contribution in [-0.4, -0.2) is 36.1 Å². The molecule has 2 heterocycles. The lowest BCUT2D eigenvalue weighted by molar-refractivity contribution is 0.247. The topological polar surface area (TPSA) is 28.6 Å². The van der Waals surface area contributed by atoms with Crippen molar-refractivity contribution in [2.75, 3.05) is 31.1 Å². The van der Waals surface area contributed by atoms with E-state index in [-0.39, 0.29) is 5.82 Å². The largest absolute Gasteiger partial charge is 0.486 e. The number of thiazole rings is 1. The molecular formula is C21H21ClFN3OS. The number of hydrogen-bond acceptors (Lipinski definition) is 5. The predicted molar refractivity (Wildman–Crippen MR) is 112 cm³/mol. The van der Waals surface area contributed by atoms with Crippen LogP contribution in [0, 0.1) is 5.82 Å².